The molecule has 1 unspecified atom stereocenters. The first-order valence-corrected chi connectivity index (χ1v) is 24.2. The minimum Gasteiger partial charge on any atom is -0.456 e. The van der Waals surface area contributed by atoms with Crippen LogP contribution in [0.4, 0.5) is 17.3 Å². The number of aromatic nitrogens is 4. The number of aryl methyl sites for hydroxylation is 1. The number of benzene rings is 10. The first kappa shape index (κ1) is 39.6. The molecule has 15 rings (SSSR count). The largest absolute Gasteiger partial charge is 0.456 e. The Labute approximate surface area is 409 Å². The lowest BCUT2D eigenvalue weighted by Gasteiger charge is -2.44. The molecule has 0 amide bonds. The fraction of sp³-hybridized carbons (Fsp3) is 0.0308. The van der Waals surface area contributed by atoms with E-state index in [-0.39, 0.29) is 0 Å². The molecule has 71 heavy (non-hydrogen) atoms. The van der Waals surface area contributed by atoms with Crippen molar-refractivity contribution in [2.45, 2.75) is 12.3 Å². The number of hydrogen-bond donors (Lipinski definition) is 0. The number of anilines is 3. The summed E-state index contributed by atoms with van der Waals surface area (Å²) in [4.78, 5) is 18.3. The number of hydrogen-bond acceptors (Lipinski definition) is 5. The molecule has 1 atom stereocenters. The van der Waals surface area contributed by atoms with E-state index in [1.54, 1.807) is 0 Å². The smallest absolute Gasteiger partial charge is 0.238 e. The predicted octanol–water partition coefficient (Wildman–Crippen LogP) is 16.3. The molecule has 0 radical (unpaired) electrons. The van der Waals surface area contributed by atoms with Crippen molar-refractivity contribution in [1.29, 1.82) is 0 Å². The molecular weight excluding hydrogens is 867 g/mol. The first-order chi connectivity index (χ1) is 35.1. The van der Waals surface area contributed by atoms with Gasteiger partial charge in [0, 0.05) is 38.4 Å². The number of furan rings is 1. The van der Waals surface area contributed by atoms with E-state index in [2.05, 4.69) is 204 Å². The van der Waals surface area contributed by atoms with Crippen molar-refractivity contribution in [1.82, 2.24) is 19.5 Å². The van der Waals surface area contributed by atoms with Crippen molar-refractivity contribution >= 4 is 61.1 Å². The van der Waals surface area contributed by atoms with Crippen molar-refractivity contribution in [3.05, 3.63) is 258 Å². The monoisotopic (exact) mass is 907 g/mol. The Morgan fingerprint density at radius 3 is 1.80 bits per heavy atom. The molecule has 332 valence electrons. The molecule has 4 heterocycles. The van der Waals surface area contributed by atoms with Gasteiger partial charge in [0.1, 0.15) is 11.2 Å². The highest BCUT2D eigenvalue weighted by molar-refractivity contribution is 6.16. The van der Waals surface area contributed by atoms with Gasteiger partial charge in [-0.2, -0.15) is 9.97 Å². The van der Waals surface area contributed by atoms with E-state index in [9.17, 15) is 0 Å². The highest BCUT2D eigenvalue weighted by Crippen LogP contribution is 2.65. The number of para-hydroxylation sites is 3. The lowest BCUT2D eigenvalue weighted by Crippen LogP contribution is -2.36. The normalized spacial score (nSPS) is 14.6. The van der Waals surface area contributed by atoms with Crippen molar-refractivity contribution < 1.29 is 4.42 Å². The maximum atomic E-state index is 6.60. The van der Waals surface area contributed by atoms with Crippen LogP contribution in [0.1, 0.15) is 27.8 Å². The molecule has 0 saturated heterocycles. The highest BCUT2D eigenvalue weighted by Gasteiger charge is 2.53. The Bertz CT molecular complexity index is 4250. The van der Waals surface area contributed by atoms with E-state index in [4.69, 9.17) is 19.4 Å². The molecule has 0 saturated carbocycles. The molecule has 6 nitrogen and oxygen atoms in total. The van der Waals surface area contributed by atoms with Gasteiger partial charge in [-0.05, 0) is 106 Å². The van der Waals surface area contributed by atoms with Crippen LogP contribution in [-0.2, 0) is 5.41 Å². The van der Waals surface area contributed by atoms with Gasteiger partial charge >= 0.3 is 0 Å². The Hall–Kier alpha value is -9.39. The average Bonchev–Trinajstić information content (AvgIpc) is 4.09. The molecule has 6 heteroatoms. The molecule has 1 spiro atoms. The van der Waals surface area contributed by atoms with Crippen LogP contribution in [0.3, 0.4) is 0 Å². The molecule has 1 aliphatic heterocycles. The van der Waals surface area contributed by atoms with Crippen LogP contribution in [0, 0.1) is 6.92 Å². The minimum atomic E-state index is -0.720. The second-order valence-electron chi connectivity index (χ2n) is 18.8. The standard InChI is InChI=1S/C65H41N5O/c1-40-28-32-45(33-29-40)69-54-25-13-9-20-46(54)49-38-43(31-36-55(49)69)44-30-34-52-57(39-44)70(64-67-62(41-16-4-2-5-17-41)66-63(68-64)42-18-6-3-7-19-42)56-26-14-12-24-51(56)65(52)50-23-11-8-21-47(50)60-53(65)35-37-59-61(60)48-22-10-15-27-58(48)71-59/h2-39H,1H3. The van der Waals surface area contributed by atoms with E-state index in [1.165, 1.54) is 44.1 Å². The zero-order valence-corrected chi connectivity index (χ0v) is 38.6. The molecule has 13 aromatic rings. The third kappa shape index (κ3) is 5.67. The second-order valence-corrected chi connectivity index (χ2v) is 18.8. The summed E-state index contributed by atoms with van der Waals surface area (Å²) in [5.74, 6) is 1.75. The van der Waals surface area contributed by atoms with Crippen LogP contribution in [-0.4, -0.2) is 19.5 Å². The third-order valence-electron chi connectivity index (χ3n) is 14.9. The van der Waals surface area contributed by atoms with Gasteiger partial charge in [-0.15, -0.1) is 0 Å². The van der Waals surface area contributed by atoms with Crippen molar-refractivity contribution in [2.75, 3.05) is 4.90 Å². The summed E-state index contributed by atoms with van der Waals surface area (Å²) in [6, 6.07) is 82.7. The van der Waals surface area contributed by atoms with Crippen LogP contribution in [0.15, 0.2) is 235 Å². The lowest BCUT2D eigenvalue weighted by atomic mass is 9.64. The Morgan fingerprint density at radius 2 is 1.01 bits per heavy atom. The highest BCUT2D eigenvalue weighted by atomic mass is 16.3. The van der Waals surface area contributed by atoms with E-state index in [0.717, 1.165) is 77.9 Å². The summed E-state index contributed by atoms with van der Waals surface area (Å²) in [5, 5.41) is 4.65. The fourth-order valence-electron chi connectivity index (χ4n) is 11.9. The summed E-state index contributed by atoms with van der Waals surface area (Å²) in [6.07, 6.45) is 0. The number of rotatable bonds is 5. The molecule has 3 aromatic heterocycles. The van der Waals surface area contributed by atoms with Crippen LogP contribution >= 0.6 is 0 Å². The van der Waals surface area contributed by atoms with Crippen molar-refractivity contribution in [2.24, 2.45) is 0 Å². The number of fused-ring (bicyclic) bond motifs is 16. The Morgan fingerprint density at radius 1 is 0.408 bits per heavy atom. The number of nitrogens with zero attached hydrogens (tertiary/aromatic N) is 5. The van der Waals surface area contributed by atoms with Gasteiger partial charge in [0.15, 0.2) is 11.6 Å². The predicted molar refractivity (Wildman–Crippen MR) is 288 cm³/mol. The molecule has 0 N–H and O–H groups in total. The van der Waals surface area contributed by atoms with Crippen LogP contribution in [0.25, 0.3) is 94.5 Å². The zero-order chi connectivity index (χ0) is 46.8. The van der Waals surface area contributed by atoms with E-state index >= 15 is 0 Å². The van der Waals surface area contributed by atoms with Gasteiger partial charge in [-0.1, -0.05) is 181 Å². The minimum absolute atomic E-state index is 0.540. The van der Waals surface area contributed by atoms with Crippen LogP contribution < -0.4 is 4.90 Å². The van der Waals surface area contributed by atoms with Gasteiger partial charge in [-0.3, -0.25) is 4.90 Å². The van der Waals surface area contributed by atoms with Crippen LogP contribution in [0.2, 0.25) is 0 Å². The quantitative estimate of drug-likeness (QED) is 0.172. The average molecular weight is 908 g/mol. The molecule has 1 aliphatic carbocycles. The molecular formula is C65H41N5O. The first-order valence-electron chi connectivity index (χ1n) is 24.2. The Balaban J connectivity index is 1.03. The molecule has 2 aliphatic rings. The fourth-order valence-corrected chi connectivity index (χ4v) is 11.9. The maximum Gasteiger partial charge on any atom is 0.238 e. The summed E-state index contributed by atoms with van der Waals surface area (Å²) >= 11 is 0. The lowest BCUT2D eigenvalue weighted by molar-refractivity contribution is 0.668. The van der Waals surface area contributed by atoms with Crippen LogP contribution in [0.5, 0.6) is 0 Å². The van der Waals surface area contributed by atoms with Gasteiger partial charge in [-0.25, -0.2) is 4.98 Å². The van der Waals surface area contributed by atoms with Gasteiger partial charge < -0.3 is 8.98 Å². The summed E-state index contributed by atoms with van der Waals surface area (Å²) in [5.41, 5.74) is 18.9. The summed E-state index contributed by atoms with van der Waals surface area (Å²) in [6.45, 7) is 2.14. The summed E-state index contributed by atoms with van der Waals surface area (Å²) in [7, 11) is 0. The van der Waals surface area contributed by atoms with E-state index < -0.39 is 5.41 Å². The zero-order valence-electron chi connectivity index (χ0n) is 38.6. The van der Waals surface area contributed by atoms with Gasteiger partial charge in [0.25, 0.3) is 0 Å². The molecule has 10 aromatic carbocycles. The topological polar surface area (TPSA) is 60.0 Å². The van der Waals surface area contributed by atoms with Gasteiger partial charge in [0.2, 0.25) is 5.95 Å². The van der Waals surface area contributed by atoms with E-state index in [1.807, 2.05) is 42.5 Å². The van der Waals surface area contributed by atoms with Gasteiger partial charge in [0.05, 0.1) is 27.8 Å². The van der Waals surface area contributed by atoms with Crippen molar-refractivity contribution in [3.63, 3.8) is 0 Å². The third-order valence-corrected chi connectivity index (χ3v) is 14.9. The SMILES string of the molecule is Cc1ccc(-n2c3ccccc3c3cc(-c4ccc5c(c4)N(c4nc(-c6ccccc6)nc(-c6ccccc6)n4)c4ccccc4C54c5ccccc5-c5c4ccc4oc6ccccc6c54)ccc32)cc1. The molecule has 0 bridgehead atoms. The van der Waals surface area contributed by atoms with E-state index in [0.29, 0.717) is 17.6 Å². The van der Waals surface area contributed by atoms with Crippen molar-refractivity contribution in [3.8, 4) is 50.7 Å². The molecule has 0 fully saturated rings. The second kappa shape index (κ2) is 15.1. The summed E-state index contributed by atoms with van der Waals surface area (Å²) < 4.78 is 8.98. The maximum absolute atomic E-state index is 6.60. The Kier molecular flexibility index (Phi) is 8.39.